The summed E-state index contributed by atoms with van der Waals surface area (Å²) < 4.78 is 4.94. The van der Waals surface area contributed by atoms with Crippen LogP contribution in [0.1, 0.15) is 18.2 Å². The molecule has 0 aliphatic carbocycles. The Morgan fingerprint density at radius 3 is 2.68 bits per heavy atom. The van der Waals surface area contributed by atoms with Crippen molar-refractivity contribution in [1.29, 1.82) is 0 Å². The molecule has 100 valence electrons. The minimum Gasteiger partial charge on any atom is -0.338 e. The topological polar surface area (TPSA) is 55.1 Å². The van der Waals surface area contributed by atoms with Gasteiger partial charge in [-0.1, -0.05) is 24.2 Å². The molecule has 19 heavy (non-hydrogen) atoms. The van der Waals surface area contributed by atoms with Crippen LogP contribution in [-0.4, -0.2) is 16.8 Å². The van der Waals surface area contributed by atoms with Gasteiger partial charge in [0, 0.05) is 11.0 Å². The van der Waals surface area contributed by atoms with E-state index in [0.29, 0.717) is 12.3 Å². The average molecular weight is 276 g/mol. The fraction of sp³-hybridized carbons (Fsp3) is 0.286. The molecule has 2 aromatic rings. The fourth-order valence-corrected chi connectivity index (χ4v) is 2.32. The van der Waals surface area contributed by atoms with Crippen LogP contribution in [0.15, 0.2) is 39.8 Å². The number of carbonyl (C=O) groups excluding carboxylic acids is 1. The summed E-state index contributed by atoms with van der Waals surface area (Å²) >= 11 is 1.78. The number of carbonyl (C=O) groups is 1. The van der Waals surface area contributed by atoms with Crippen molar-refractivity contribution in [2.24, 2.45) is 0 Å². The van der Waals surface area contributed by atoms with Gasteiger partial charge in [0.05, 0.1) is 12.1 Å². The number of hydrogen-bond acceptors (Lipinski definition) is 4. The summed E-state index contributed by atoms with van der Waals surface area (Å²) in [4.78, 5) is 13.0. The van der Waals surface area contributed by atoms with E-state index in [0.717, 1.165) is 17.0 Å². The van der Waals surface area contributed by atoms with Crippen LogP contribution in [0.2, 0.25) is 0 Å². The SMILES string of the molecule is CCSc1ccc(CC(=O)Nc2cc(C)no2)cc1. The van der Waals surface area contributed by atoms with E-state index >= 15 is 0 Å². The highest BCUT2D eigenvalue weighted by atomic mass is 32.2. The van der Waals surface area contributed by atoms with Crippen LogP contribution in [0.3, 0.4) is 0 Å². The third-order valence-electron chi connectivity index (χ3n) is 2.49. The largest absolute Gasteiger partial charge is 0.338 e. The summed E-state index contributed by atoms with van der Waals surface area (Å²) in [6.45, 7) is 3.93. The van der Waals surface area contributed by atoms with Gasteiger partial charge in [-0.25, -0.2) is 0 Å². The zero-order chi connectivity index (χ0) is 13.7. The van der Waals surface area contributed by atoms with E-state index in [4.69, 9.17) is 4.52 Å². The summed E-state index contributed by atoms with van der Waals surface area (Å²) in [6.07, 6.45) is 0.330. The number of benzene rings is 1. The molecule has 0 saturated carbocycles. The van der Waals surface area contributed by atoms with Crippen molar-refractivity contribution in [3.05, 3.63) is 41.6 Å². The molecule has 0 bridgehead atoms. The van der Waals surface area contributed by atoms with Crippen molar-refractivity contribution in [2.45, 2.75) is 25.2 Å². The van der Waals surface area contributed by atoms with Gasteiger partial charge in [0.15, 0.2) is 0 Å². The second-order valence-corrected chi connectivity index (χ2v) is 5.47. The third kappa shape index (κ3) is 4.13. The van der Waals surface area contributed by atoms with Gasteiger partial charge in [0.25, 0.3) is 0 Å². The molecule has 0 aliphatic rings. The first-order valence-electron chi connectivity index (χ1n) is 6.12. The molecule has 1 amide bonds. The normalized spacial score (nSPS) is 10.4. The fourth-order valence-electron chi connectivity index (χ4n) is 1.66. The van der Waals surface area contributed by atoms with Gasteiger partial charge >= 0.3 is 0 Å². The van der Waals surface area contributed by atoms with Gasteiger partial charge in [-0.05, 0) is 30.4 Å². The predicted octanol–water partition coefficient (Wildman–Crippen LogP) is 3.28. The second kappa shape index (κ2) is 6.43. The van der Waals surface area contributed by atoms with Crippen molar-refractivity contribution in [1.82, 2.24) is 5.16 Å². The van der Waals surface area contributed by atoms with E-state index in [9.17, 15) is 4.79 Å². The molecule has 0 unspecified atom stereocenters. The minimum atomic E-state index is -0.105. The Labute approximate surface area is 116 Å². The number of aryl methyl sites for hydroxylation is 1. The van der Waals surface area contributed by atoms with Gasteiger partial charge in [-0.15, -0.1) is 11.8 Å². The maximum Gasteiger partial charge on any atom is 0.231 e. The maximum atomic E-state index is 11.8. The predicted molar refractivity (Wildman–Crippen MR) is 76.4 cm³/mol. The van der Waals surface area contributed by atoms with E-state index in [1.165, 1.54) is 4.90 Å². The Kier molecular flexibility index (Phi) is 4.63. The molecule has 1 heterocycles. The number of rotatable bonds is 5. The standard InChI is InChI=1S/C14H16N2O2S/c1-3-19-12-6-4-11(5-7-12)9-13(17)15-14-8-10(2)16-18-14/h4-8H,3,9H2,1-2H3,(H,15,17). The lowest BCUT2D eigenvalue weighted by Crippen LogP contribution is -2.13. The van der Waals surface area contributed by atoms with Gasteiger partial charge in [0.1, 0.15) is 0 Å². The molecule has 5 heteroatoms. The minimum absolute atomic E-state index is 0.105. The molecular formula is C14H16N2O2S. The summed E-state index contributed by atoms with van der Waals surface area (Å²) in [7, 11) is 0. The Morgan fingerprint density at radius 1 is 1.37 bits per heavy atom. The van der Waals surface area contributed by atoms with Crippen LogP contribution < -0.4 is 5.32 Å². The smallest absolute Gasteiger partial charge is 0.231 e. The highest BCUT2D eigenvalue weighted by molar-refractivity contribution is 7.99. The monoisotopic (exact) mass is 276 g/mol. The Balaban J connectivity index is 1.91. The first-order valence-corrected chi connectivity index (χ1v) is 7.11. The number of amides is 1. The van der Waals surface area contributed by atoms with Crippen molar-refractivity contribution in [3.8, 4) is 0 Å². The summed E-state index contributed by atoms with van der Waals surface area (Å²) in [5.74, 6) is 1.33. The molecule has 4 nitrogen and oxygen atoms in total. The maximum absolute atomic E-state index is 11.8. The highest BCUT2D eigenvalue weighted by Crippen LogP contribution is 2.18. The number of thioether (sulfide) groups is 1. The van der Waals surface area contributed by atoms with Crippen LogP contribution in [0.4, 0.5) is 5.88 Å². The molecule has 1 aromatic heterocycles. The number of hydrogen-bond donors (Lipinski definition) is 1. The van der Waals surface area contributed by atoms with Crippen LogP contribution in [-0.2, 0) is 11.2 Å². The van der Waals surface area contributed by atoms with Gasteiger partial charge in [0.2, 0.25) is 11.8 Å². The number of nitrogens with one attached hydrogen (secondary N) is 1. The van der Waals surface area contributed by atoms with E-state index < -0.39 is 0 Å². The molecular weight excluding hydrogens is 260 g/mol. The third-order valence-corrected chi connectivity index (χ3v) is 3.38. The van der Waals surface area contributed by atoms with Crippen LogP contribution >= 0.6 is 11.8 Å². The summed E-state index contributed by atoms with van der Waals surface area (Å²) in [6, 6.07) is 9.72. The number of aromatic nitrogens is 1. The van der Waals surface area contributed by atoms with E-state index in [-0.39, 0.29) is 5.91 Å². The molecule has 1 N–H and O–H groups in total. The Morgan fingerprint density at radius 2 is 2.11 bits per heavy atom. The van der Waals surface area contributed by atoms with Crippen LogP contribution in [0.25, 0.3) is 0 Å². The average Bonchev–Trinajstić information content (AvgIpc) is 2.77. The second-order valence-electron chi connectivity index (χ2n) is 4.13. The number of nitrogens with zero attached hydrogens (tertiary/aromatic N) is 1. The highest BCUT2D eigenvalue weighted by Gasteiger charge is 2.07. The van der Waals surface area contributed by atoms with Crippen molar-refractivity contribution in [3.63, 3.8) is 0 Å². The zero-order valence-corrected chi connectivity index (χ0v) is 11.8. The van der Waals surface area contributed by atoms with Gasteiger partial charge in [-0.3, -0.25) is 10.1 Å². The molecule has 0 atom stereocenters. The molecule has 0 radical (unpaired) electrons. The van der Waals surface area contributed by atoms with Gasteiger partial charge < -0.3 is 4.52 Å². The lowest BCUT2D eigenvalue weighted by atomic mass is 10.1. The quantitative estimate of drug-likeness (QED) is 0.851. The van der Waals surface area contributed by atoms with Gasteiger partial charge in [-0.2, -0.15) is 0 Å². The van der Waals surface area contributed by atoms with E-state index in [2.05, 4.69) is 17.4 Å². The van der Waals surface area contributed by atoms with Crippen molar-refractivity contribution in [2.75, 3.05) is 11.1 Å². The van der Waals surface area contributed by atoms with E-state index in [1.807, 2.05) is 31.2 Å². The molecule has 0 fully saturated rings. The number of anilines is 1. The Bertz CT molecular complexity index is 549. The summed E-state index contributed by atoms with van der Waals surface area (Å²) in [5.41, 5.74) is 1.73. The lowest BCUT2D eigenvalue weighted by molar-refractivity contribution is -0.115. The molecule has 0 spiro atoms. The van der Waals surface area contributed by atoms with Crippen molar-refractivity contribution < 1.29 is 9.32 Å². The first-order chi connectivity index (χ1) is 9.17. The molecule has 0 saturated heterocycles. The Hall–Kier alpha value is -1.75. The molecule has 0 aliphatic heterocycles. The molecule has 2 rings (SSSR count). The lowest BCUT2D eigenvalue weighted by Gasteiger charge is -2.03. The zero-order valence-electron chi connectivity index (χ0n) is 11.0. The van der Waals surface area contributed by atoms with Crippen LogP contribution in [0, 0.1) is 6.92 Å². The van der Waals surface area contributed by atoms with Crippen LogP contribution in [0.5, 0.6) is 0 Å². The molecule has 1 aromatic carbocycles. The first kappa shape index (κ1) is 13.7. The van der Waals surface area contributed by atoms with Crippen molar-refractivity contribution >= 4 is 23.6 Å². The van der Waals surface area contributed by atoms with E-state index in [1.54, 1.807) is 17.8 Å². The summed E-state index contributed by atoms with van der Waals surface area (Å²) in [5, 5.41) is 6.39.